The Hall–Kier alpha value is -0.940. The Labute approximate surface area is 90.8 Å². The Kier molecular flexibility index (Phi) is 2.52. The van der Waals surface area contributed by atoms with Gasteiger partial charge >= 0.3 is 0 Å². The minimum absolute atomic E-state index is 0.468. The smallest absolute Gasteiger partial charge is 0.0657 e. The predicted octanol–water partition coefficient (Wildman–Crippen LogP) is 2.40. The van der Waals surface area contributed by atoms with Gasteiger partial charge in [-0.3, -0.25) is 10.2 Å². The van der Waals surface area contributed by atoms with Gasteiger partial charge in [0.2, 0.25) is 0 Å². The van der Waals surface area contributed by atoms with Crippen LogP contribution in [0.3, 0.4) is 0 Å². The lowest BCUT2D eigenvalue weighted by Crippen LogP contribution is -2.37. The van der Waals surface area contributed by atoms with E-state index in [0.717, 1.165) is 10.9 Å². The molecule has 0 saturated carbocycles. The number of halogens is 2. The van der Waals surface area contributed by atoms with Crippen molar-refractivity contribution < 1.29 is 5.21 Å². The maximum absolute atomic E-state index is 9.02. The van der Waals surface area contributed by atoms with E-state index in [1.165, 1.54) is 6.20 Å². The maximum atomic E-state index is 9.02. The second-order valence-corrected chi connectivity index (χ2v) is 3.53. The zero-order valence-electron chi connectivity index (χ0n) is 6.98. The first-order valence-electron chi connectivity index (χ1n) is 3.84. The Balaban J connectivity index is 2.25. The van der Waals surface area contributed by atoms with Crippen molar-refractivity contribution in [2.45, 2.75) is 0 Å². The fourth-order valence-corrected chi connectivity index (χ4v) is 1.38. The van der Waals surface area contributed by atoms with E-state index in [0.29, 0.717) is 10.0 Å². The van der Waals surface area contributed by atoms with Gasteiger partial charge in [-0.25, -0.2) is 0 Å². The first-order chi connectivity index (χ1) is 6.66. The van der Waals surface area contributed by atoms with Crippen LogP contribution in [0.1, 0.15) is 0 Å². The van der Waals surface area contributed by atoms with E-state index >= 15 is 0 Å². The molecule has 1 aromatic carbocycles. The number of nitrogens with one attached hydrogen (secondary N) is 1. The van der Waals surface area contributed by atoms with E-state index in [-0.39, 0.29) is 0 Å². The van der Waals surface area contributed by atoms with Crippen molar-refractivity contribution in [1.82, 2.24) is 10.7 Å². The summed E-state index contributed by atoms with van der Waals surface area (Å²) in [6.45, 7) is 0. The SMILES string of the molecule is ON1C=CN(c2ccc(Cl)c(Cl)c2)N1. The number of hydrogen-bond donors (Lipinski definition) is 2. The number of nitrogens with zero attached hydrogens (tertiary/aromatic N) is 2. The van der Waals surface area contributed by atoms with Crippen LogP contribution in [0.15, 0.2) is 30.6 Å². The lowest BCUT2D eigenvalue weighted by atomic mass is 10.3. The third-order valence-electron chi connectivity index (χ3n) is 1.75. The standard InChI is InChI=1S/C8H7Cl2N3O/c9-7-2-1-6(5-8(7)10)12-3-4-13(14)11-12/h1-5,11,14H. The van der Waals surface area contributed by atoms with Crippen molar-refractivity contribution in [3.05, 3.63) is 40.6 Å². The Morgan fingerprint density at radius 1 is 1.14 bits per heavy atom. The highest BCUT2D eigenvalue weighted by molar-refractivity contribution is 6.42. The summed E-state index contributed by atoms with van der Waals surface area (Å²) in [4.78, 5) is 0. The average molecular weight is 232 g/mol. The van der Waals surface area contributed by atoms with Crippen LogP contribution in [-0.2, 0) is 0 Å². The fourth-order valence-electron chi connectivity index (χ4n) is 1.09. The van der Waals surface area contributed by atoms with Crippen LogP contribution in [0, 0.1) is 0 Å². The summed E-state index contributed by atoms with van der Waals surface area (Å²) in [6.07, 6.45) is 3.11. The lowest BCUT2D eigenvalue weighted by Gasteiger charge is -2.18. The van der Waals surface area contributed by atoms with Gasteiger partial charge in [0.25, 0.3) is 0 Å². The van der Waals surface area contributed by atoms with Crippen molar-refractivity contribution in [2.24, 2.45) is 0 Å². The third kappa shape index (κ3) is 1.78. The van der Waals surface area contributed by atoms with Crippen LogP contribution in [0.2, 0.25) is 10.0 Å². The molecule has 0 bridgehead atoms. The van der Waals surface area contributed by atoms with E-state index in [4.69, 9.17) is 28.4 Å². The molecule has 1 heterocycles. The first-order valence-corrected chi connectivity index (χ1v) is 4.59. The fraction of sp³-hybridized carbons (Fsp3) is 0. The lowest BCUT2D eigenvalue weighted by molar-refractivity contribution is -0.0791. The van der Waals surface area contributed by atoms with Crippen molar-refractivity contribution in [3.8, 4) is 0 Å². The quantitative estimate of drug-likeness (QED) is 0.779. The van der Waals surface area contributed by atoms with Crippen LogP contribution in [0.4, 0.5) is 5.69 Å². The number of hydrogen-bond acceptors (Lipinski definition) is 4. The highest BCUT2D eigenvalue weighted by Gasteiger charge is 2.11. The Morgan fingerprint density at radius 3 is 2.50 bits per heavy atom. The molecule has 1 aromatic rings. The molecule has 1 aliphatic rings. The van der Waals surface area contributed by atoms with E-state index in [1.807, 2.05) is 0 Å². The average Bonchev–Trinajstić information content (AvgIpc) is 2.57. The van der Waals surface area contributed by atoms with Gasteiger partial charge in [-0.05, 0) is 18.2 Å². The molecule has 0 unspecified atom stereocenters. The largest absolute Gasteiger partial charge is 0.272 e. The van der Waals surface area contributed by atoms with E-state index in [9.17, 15) is 0 Å². The van der Waals surface area contributed by atoms with Crippen LogP contribution in [0.25, 0.3) is 0 Å². The zero-order valence-corrected chi connectivity index (χ0v) is 8.50. The van der Waals surface area contributed by atoms with Gasteiger partial charge in [0.1, 0.15) is 0 Å². The van der Waals surface area contributed by atoms with Gasteiger partial charge in [0.05, 0.1) is 21.9 Å². The number of benzene rings is 1. The maximum Gasteiger partial charge on any atom is 0.0657 e. The highest BCUT2D eigenvalue weighted by atomic mass is 35.5. The van der Waals surface area contributed by atoms with E-state index in [1.54, 1.807) is 29.4 Å². The van der Waals surface area contributed by atoms with Gasteiger partial charge < -0.3 is 0 Å². The summed E-state index contributed by atoms with van der Waals surface area (Å²) < 4.78 is 0. The van der Waals surface area contributed by atoms with Gasteiger partial charge in [-0.1, -0.05) is 23.2 Å². The van der Waals surface area contributed by atoms with Crippen molar-refractivity contribution in [1.29, 1.82) is 0 Å². The molecular weight excluding hydrogens is 225 g/mol. The van der Waals surface area contributed by atoms with Gasteiger partial charge in [0.15, 0.2) is 0 Å². The summed E-state index contributed by atoms with van der Waals surface area (Å²) in [5.41, 5.74) is 3.41. The highest BCUT2D eigenvalue weighted by Crippen LogP contribution is 2.27. The van der Waals surface area contributed by atoms with Gasteiger partial charge in [-0.2, -0.15) is 5.17 Å². The molecule has 0 fully saturated rings. The van der Waals surface area contributed by atoms with Crippen LogP contribution in [0.5, 0.6) is 0 Å². The molecule has 1 aliphatic heterocycles. The molecule has 2 rings (SSSR count). The van der Waals surface area contributed by atoms with Crippen LogP contribution >= 0.6 is 23.2 Å². The van der Waals surface area contributed by atoms with Crippen molar-refractivity contribution in [2.75, 3.05) is 5.01 Å². The number of hydroxylamine groups is 1. The molecule has 0 radical (unpaired) electrons. The van der Waals surface area contributed by atoms with Gasteiger partial charge in [-0.15, -0.1) is 5.53 Å². The summed E-state index contributed by atoms with van der Waals surface area (Å²) in [6, 6.07) is 5.17. The molecule has 4 nitrogen and oxygen atoms in total. The second-order valence-electron chi connectivity index (χ2n) is 2.71. The molecule has 0 aliphatic carbocycles. The Bertz CT molecular complexity index is 383. The minimum Gasteiger partial charge on any atom is -0.272 e. The molecule has 0 spiro atoms. The predicted molar refractivity (Wildman–Crippen MR) is 54.8 cm³/mol. The normalized spacial score (nSPS) is 15.4. The topological polar surface area (TPSA) is 38.7 Å². The summed E-state index contributed by atoms with van der Waals surface area (Å²) >= 11 is 11.6. The Morgan fingerprint density at radius 2 is 1.93 bits per heavy atom. The molecule has 0 saturated heterocycles. The van der Waals surface area contributed by atoms with Gasteiger partial charge in [0, 0.05) is 6.20 Å². The molecule has 2 N–H and O–H groups in total. The second kappa shape index (κ2) is 3.67. The molecule has 14 heavy (non-hydrogen) atoms. The molecule has 0 aromatic heterocycles. The molecular formula is C8H7Cl2N3O. The summed E-state index contributed by atoms with van der Waals surface area (Å²) in [5, 5.41) is 12.4. The number of rotatable bonds is 1. The third-order valence-corrected chi connectivity index (χ3v) is 2.49. The molecule has 0 amide bonds. The number of hydrazine groups is 2. The van der Waals surface area contributed by atoms with E-state index in [2.05, 4.69) is 5.53 Å². The molecule has 74 valence electrons. The first kappa shape index (κ1) is 9.61. The minimum atomic E-state index is 0.468. The number of anilines is 1. The zero-order chi connectivity index (χ0) is 10.1. The molecule has 0 atom stereocenters. The summed E-state index contributed by atoms with van der Waals surface area (Å²) in [5.74, 6) is 0. The monoisotopic (exact) mass is 231 g/mol. The van der Waals surface area contributed by atoms with E-state index < -0.39 is 0 Å². The summed E-state index contributed by atoms with van der Waals surface area (Å²) in [7, 11) is 0. The van der Waals surface area contributed by atoms with Crippen LogP contribution in [-0.4, -0.2) is 10.4 Å². The van der Waals surface area contributed by atoms with Crippen molar-refractivity contribution >= 4 is 28.9 Å². The molecule has 6 heteroatoms. The van der Waals surface area contributed by atoms with Crippen LogP contribution < -0.4 is 10.5 Å². The van der Waals surface area contributed by atoms with Crippen molar-refractivity contribution in [3.63, 3.8) is 0 Å².